The van der Waals surface area contributed by atoms with E-state index in [0.717, 1.165) is 18.7 Å². The summed E-state index contributed by atoms with van der Waals surface area (Å²) in [5.41, 5.74) is 0.938. The highest BCUT2D eigenvalue weighted by Crippen LogP contribution is 2.37. The lowest BCUT2D eigenvalue weighted by Gasteiger charge is -2.23. The lowest BCUT2D eigenvalue weighted by Crippen LogP contribution is -2.27. The molecule has 5 heteroatoms. The fourth-order valence-corrected chi connectivity index (χ4v) is 3.39. The van der Waals surface area contributed by atoms with E-state index in [1.54, 1.807) is 0 Å². The van der Waals surface area contributed by atoms with Crippen molar-refractivity contribution >= 4 is 17.7 Å². The predicted molar refractivity (Wildman–Crippen MR) is 81.1 cm³/mol. The predicted octanol–water partition coefficient (Wildman–Crippen LogP) is 3.27. The fourth-order valence-electron chi connectivity index (χ4n) is 2.14. The van der Waals surface area contributed by atoms with Gasteiger partial charge in [-0.05, 0) is 38.9 Å². The van der Waals surface area contributed by atoms with Gasteiger partial charge in [0.05, 0.1) is 6.61 Å². The van der Waals surface area contributed by atoms with E-state index in [-0.39, 0.29) is 0 Å². The maximum atomic E-state index is 5.58. The van der Waals surface area contributed by atoms with Crippen LogP contribution in [0.1, 0.15) is 38.8 Å². The smallest absolute Gasteiger partial charge is 0.226 e. The van der Waals surface area contributed by atoms with E-state index < -0.39 is 0 Å². The number of thioether (sulfide) groups is 1. The molecule has 0 radical (unpaired) electrons. The van der Waals surface area contributed by atoms with Gasteiger partial charge in [0.15, 0.2) is 0 Å². The quantitative estimate of drug-likeness (QED) is 0.867. The van der Waals surface area contributed by atoms with E-state index in [2.05, 4.69) is 29.1 Å². The molecule has 2 heterocycles. The lowest BCUT2D eigenvalue weighted by atomic mass is 10.1. The molecule has 106 valence electrons. The molecular formula is C14H23N3OS. The molecule has 0 saturated carbocycles. The van der Waals surface area contributed by atoms with Gasteiger partial charge in [0.1, 0.15) is 0 Å². The zero-order valence-electron chi connectivity index (χ0n) is 12.0. The first-order chi connectivity index (χ1) is 9.11. The van der Waals surface area contributed by atoms with E-state index in [0.29, 0.717) is 23.2 Å². The van der Waals surface area contributed by atoms with Crippen LogP contribution in [-0.2, 0) is 0 Å². The Kier molecular flexibility index (Phi) is 4.91. The van der Waals surface area contributed by atoms with Crippen LogP contribution in [-0.4, -0.2) is 33.6 Å². The van der Waals surface area contributed by atoms with Gasteiger partial charge in [0.25, 0.3) is 0 Å². The van der Waals surface area contributed by atoms with Crippen molar-refractivity contribution in [3.63, 3.8) is 0 Å². The third-order valence-corrected chi connectivity index (χ3v) is 4.74. The van der Waals surface area contributed by atoms with Crippen LogP contribution >= 0.6 is 11.8 Å². The molecule has 1 atom stereocenters. The number of ether oxygens (including phenoxy) is 1. The molecule has 0 spiro atoms. The molecule has 1 N–H and O–H groups in total. The average molecular weight is 281 g/mol. The molecule has 2 rings (SSSR count). The summed E-state index contributed by atoms with van der Waals surface area (Å²) in [7, 11) is 0. The molecule has 1 saturated heterocycles. The Balaban J connectivity index is 1.97. The van der Waals surface area contributed by atoms with E-state index >= 15 is 0 Å². The Morgan fingerprint density at radius 1 is 1.47 bits per heavy atom. The van der Waals surface area contributed by atoms with Gasteiger partial charge in [-0.2, -0.15) is 16.7 Å². The minimum absolute atomic E-state index is 0.317. The fraction of sp³-hybridized carbons (Fsp3) is 0.714. The summed E-state index contributed by atoms with van der Waals surface area (Å²) in [5, 5.41) is 3.36. The van der Waals surface area contributed by atoms with Crippen molar-refractivity contribution < 1.29 is 4.74 Å². The normalized spacial score (nSPS) is 22.5. The number of nitrogens with one attached hydrogen (secondary N) is 1. The molecule has 0 aliphatic carbocycles. The molecule has 1 unspecified atom stereocenters. The van der Waals surface area contributed by atoms with Gasteiger partial charge in [0, 0.05) is 23.1 Å². The maximum Gasteiger partial charge on any atom is 0.226 e. The van der Waals surface area contributed by atoms with Gasteiger partial charge >= 0.3 is 0 Å². The molecule has 1 aromatic heterocycles. The Morgan fingerprint density at radius 2 is 2.32 bits per heavy atom. The topological polar surface area (TPSA) is 47.0 Å². The Morgan fingerprint density at radius 3 is 3.00 bits per heavy atom. The second-order valence-corrected chi connectivity index (χ2v) is 6.96. The zero-order valence-corrected chi connectivity index (χ0v) is 12.8. The van der Waals surface area contributed by atoms with Crippen LogP contribution in [0.4, 0.5) is 5.95 Å². The monoisotopic (exact) mass is 281 g/mol. The number of hydrogen-bond donors (Lipinski definition) is 1. The van der Waals surface area contributed by atoms with Crippen LogP contribution in [0.25, 0.3) is 0 Å². The Bertz CT molecular complexity index is 419. The Labute approximate surface area is 119 Å². The Hall–Kier alpha value is -0.970. The van der Waals surface area contributed by atoms with Crippen molar-refractivity contribution in [2.45, 2.75) is 44.8 Å². The van der Waals surface area contributed by atoms with E-state index in [1.807, 2.05) is 24.8 Å². The first kappa shape index (κ1) is 14.4. The maximum absolute atomic E-state index is 5.58. The first-order valence-electron chi connectivity index (χ1n) is 6.98. The van der Waals surface area contributed by atoms with Crippen molar-refractivity contribution in [3.05, 3.63) is 11.8 Å². The SMILES string of the molecule is CCCOc1cc(C)nc(NCC2(C)CCCS2)n1. The zero-order chi connectivity index (χ0) is 13.7. The third-order valence-electron chi connectivity index (χ3n) is 3.21. The molecule has 19 heavy (non-hydrogen) atoms. The number of anilines is 1. The van der Waals surface area contributed by atoms with Crippen LogP contribution in [0.5, 0.6) is 5.88 Å². The summed E-state index contributed by atoms with van der Waals surface area (Å²) >= 11 is 2.04. The van der Waals surface area contributed by atoms with Gasteiger partial charge in [0.2, 0.25) is 11.8 Å². The number of aryl methyl sites for hydroxylation is 1. The number of nitrogens with zero attached hydrogens (tertiary/aromatic N) is 2. The summed E-state index contributed by atoms with van der Waals surface area (Å²) in [6.45, 7) is 7.98. The average Bonchev–Trinajstić information content (AvgIpc) is 2.81. The van der Waals surface area contributed by atoms with Gasteiger partial charge < -0.3 is 10.1 Å². The standard InChI is InChI=1S/C14H23N3OS/c1-4-7-18-12-9-11(2)16-13(17-12)15-10-14(3)6-5-8-19-14/h9H,4-8,10H2,1-3H3,(H,15,16,17). The summed E-state index contributed by atoms with van der Waals surface area (Å²) < 4.78 is 5.89. The van der Waals surface area contributed by atoms with E-state index in [9.17, 15) is 0 Å². The van der Waals surface area contributed by atoms with Crippen molar-refractivity contribution in [1.29, 1.82) is 0 Å². The molecule has 1 aliphatic rings. The summed E-state index contributed by atoms with van der Waals surface area (Å²) in [5.74, 6) is 2.61. The van der Waals surface area contributed by atoms with Crippen molar-refractivity contribution in [2.75, 3.05) is 24.2 Å². The summed E-state index contributed by atoms with van der Waals surface area (Å²) in [4.78, 5) is 8.83. The third kappa shape index (κ3) is 4.27. The number of hydrogen-bond acceptors (Lipinski definition) is 5. The van der Waals surface area contributed by atoms with Crippen LogP contribution < -0.4 is 10.1 Å². The van der Waals surface area contributed by atoms with Gasteiger partial charge in [-0.15, -0.1) is 0 Å². The van der Waals surface area contributed by atoms with Gasteiger partial charge in [-0.3, -0.25) is 0 Å². The minimum Gasteiger partial charge on any atom is -0.478 e. The molecule has 0 aromatic carbocycles. The number of rotatable bonds is 6. The highest BCUT2D eigenvalue weighted by molar-refractivity contribution is 8.00. The largest absolute Gasteiger partial charge is 0.478 e. The van der Waals surface area contributed by atoms with Gasteiger partial charge in [-0.25, -0.2) is 4.98 Å². The summed E-state index contributed by atoms with van der Waals surface area (Å²) in [6, 6.07) is 1.88. The molecule has 1 aromatic rings. The first-order valence-corrected chi connectivity index (χ1v) is 7.96. The van der Waals surface area contributed by atoms with Crippen LogP contribution in [0.2, 0.25) is 0 Å². The molecule has 0 bridgehead atoms. The second kappa shape index (κ2) is 6.46. The van der Waals surface area contributed by atoms with Crippen LogP contribution in [0.15, 0.2) is 6.07 Å². The second-order valence-electron chi connectivity index (χ2n) is 5.28. The van der Waals surface area contributed by atoms with Crippen molar-refractivity contribution in [1.82, 2.24) is 9.97 Å². The van der Waals surface area contributed by atoms with Gasteiger partial charge in [-0.1, -0.05) is 6.92 Å². The van der Waals surface area contributed by atoms with Crippen LogP contribution in [0.3, 0.4) is 0 Å². The molecule has 0 amide bonds. The molecular weight excluding hydrogens is 258 g/mol. The van der Waals surface area contributed by atoms with Crippen molar-refractivity contribution in [2.24, 2.45) is 0 Å². The van der Waals surface area contributed by atoms with E-state index in [4.69, 9.17) is 4.74 Å². The van der Waals surface area contributed by atoms with E-state index in [1.165, 1.54) is 18.6 Å². The molecule has 1 aliphatic heterocycles. The highest BCUT2D eigenvalue weighted by Gasteiger charge is 2.29. The minimum atomic E-state index is 0.317. The molecule has 4 nitrogen and oxygen atoms in total. The van der Waals surface area contributed by atoms with Crippen LogP contribution in [0, 0.1) is 6.92 Å². The number of aromatic nitrogens is 2. The summed E-state index contributed by atoms with van der Waals surface area (Å²) in [6.07, 6.45) is 3.55. The lowest BCUT2D eigenvalue weighted by molar-refractivity contribution is 0.305. The van der Waals surface area contributed by atoms with Crippen molar-refractivity contribution in [3.8, 4) is 5.88 Å². The highest BCUT2D eigenvalue weighted by atomic mass is 32.2. The molecule has 1 fully saturated rings.